The number of fused-ring (bicyclic) bond motifs is 1. The van der Waals surface area contributed by atoms with Gasteiger partial charge >= 0.3 is 0 Å². The molecule has 0 aromatic heterocycles. The Morgan fingerprint density at radius 2 is 1.58 bits per heavy atom. The minimum absolute atomic E-state index is 0.0237. The van der Waals surface area contributed by atoms with Crippen molar-refractivity contribution in [2.45, 2.75) is 82.9 Å². The minimum atomic E-state index is -0.401. The number of rotatable bonds is 10. The predicted molar refractivity (Wildman–Crippen MR) is 127 cm³/mol. The van der Waals surface area contributed by atoms with Crippen molar-refractivity contribution in [3.63, 3.8) is 0 Å². The summed E-state index contributed by atoms with van der Waals surface area (Å²) < 4.78 is 24.4. The van der Waals surface area contributed by atoms with E-state index >= 15 is 0 Å². The zero-order valence-electron chi connectivity index (χ0n) is 19.6. The van der Waals surface area contributed by atoms with Crippen LogP contribution in [0.4, 0.5) is 0 Å². The van der Waals surface area contributed by atoms with Crippen LogP contribution in [0.15, 0.2) is 48.5 Å². The Morgan fingerprint density at radius 3 is 2.33 bits per heavy atom. The highest BCUT2D eigenvalue weighted by molar-refractivity contribution is 5.32. The first-order chi connectivity index (χ1) is 16.3. The number of nitrogens with zero attached hydrogens (tertiary/aromatic N) is 1. The molecule has 0 bridgehead atoms. The van der Waals surface area contributed by atoms with E-state index in [1.165, 1.54) is 37.7 Å². The van der Waals surface area contributed by atoms with Gasteiger partial charge in [0.1, 0.15) is 11.9 Å². The predicted octanol–water partition coefficient (Wildman–Crippen LogP) is 6.63. The zero-order valence-corrected chi connectivity index (χ0v) is 19.6. The summed E-state index contributed by atoms with van der Waals surface area (Å²) in [6, 6.07) is 17.9. The van der Waals surface area contributed by atoms with Gasteiger partial charge in [0, 0.05) is 5.56 Å². The summed E-state index contributed by atoms with van der Waals surface area (Å²) >= 11 is 0. The van der Waals surface area contributed by atoms with Crippen molar-refractivity contribution in [2.24, 2.45) is 0 Å². The molecule has 5 heteroatoms. The van der Waals surface area contributed by atoms with Crippen LogP contribution in [0, 0.1) is 11.3 Å². The van der Waals surface area contributed by atoms with Gasteiger partial charge < -0.3 is 18.9 Å². The average Bonchev–Trinajstić information content (AvgIpc) is 2.88. The second-order valence-electron chi connectivity index (χ2n) is 9.00. The van der Waals surface area contributed by atoms with E-state index in [2.05, 4.69) is 37.3 Å². The van der Waals surface area contributed by atoms with Crippen LogP contribution in [-0.4, -0.2) is 25.4 Å². The van der Waals surface area contributed by atoms with Crippen LogP contribution in [0.3, 0.4) is 0 Å². The van der Waals surface area contributed by atoms with Crippen LogP contribution in [0.1, 0.15) is 87.4 Å². The Bertz CT molecular complexity index is 890. The van der Waals surface area contributed by atoms with Gasteiger partial charge in [-0.2, -0.15) is 5.26 Å². The standard InChI is InChI=1S/C28H35NO4/c1-2-3-4-5-6-7-18-30-24-14-12-22(13-15-24)25-16-17-26-27(32-25)20-31-28(33-26)23-10-8-21(19-29)9-11-23/h8-15,25-28H,2-7,16-18,20H2,1H3/t25-,26+,27-,28-/m1/s1. The monoisotopic (exact) mass is 449 g/mol. The summed E-state index contributed by atoms with van der Waals surface area (Å²) in [5, 5.41) is 8.97. The molecule has 5 nitrogen and oxygen atoms in total. The van der Waals surface area contributed by atoms with Gasteiger partial charge in [0.15, 0.2) is 6.29 Å². The van der Waals surface area contributed by atoms with Gasteiger partial charge in [-0.1, -0.05) is 63.3 Å². The summed E-state index contributed by atoms with van der Waals surface area (Å²) in [7, 11) is 0. The first-order valence-electron chi connectivity index (χ1n) is 12.4. The average molecular weight is 450 g/mol. The number of hydrogen-bond donors (Lipinski definition) is 0. The van der Waals surface area contributed by atoms with E-state index < -0.39 is 6.29 Å². The lowest BCUT2D eigenvalue weighted by atomic mass is 9.95. The van der Waals surface area contributed by atoms with Gasteiger partial charge in [-0.05, 0) is 49.1 Å². The number of benzene rings is 2. The maximum absolute atomic E-state index is 8.97. The quantitative estimate of drug-likeness (QED) is 0.381. The summed E-state index contributed by atoms with van der Waals surface area (Å²) in [4.78, 5) is 0. The second-order valence-corrected chi connectivity index (χ2v) is 9.00. The Balaban J connectivity index is 1.22. The van der Waals surface area contributed by atoms with Gasteiger partial charge in [-0.25, -0.2) is 0 Å². The maximum atomic E-state index is 8.97. The molecule has 2 heterocycles. The first kappa shape index (κ1) is 23.8. The van der Waals surface area contributed by atoms with E-state index in [-0.39, 0.29) is 18.3 Å². The highest BCUT2D eigenvalue weighted by atomic mass is 16.7. The molecule has 0 amide bonds. The molecule has 2 aromatic carbocycles. The van der Waals surface area contributed by atoms with Crippen molar-refractivity contribution in [1.82, 2.24) is 0 Å². The topological polar surface area (TPSA) is 60.7 Å². The highest BCUT2D eigenvalue weighted by Crippen LogP contribution is 2.38. The van der Waals surface area contributed by atoms with Crippen molar-refractivity contribution in [1.29, 1.82) is 5.26 Å². The van der Waals surface area contributed by atoms with Gasteiger partial charge in [0.25, 0.3) is 0 Å². The molecule has 0 radical (unpaired) electrons. The molecule has 0 aliphatic carbocycles. The van der Waals surface area contributed by atoms with Crippen LogP contribution in [0.5, 0.6) is 5.75 Å². The van der Waals surface area contributed by atoms with Crippen molar-refractivity contribution in [2.75, 3.05) is 13.2 Å². The molecule has 0 spiro atoms. The number of nitriles is 1. The molecule has 0 saturated carbocycles. The van der Waals surface area contributed by atoms with Crippen LogP contribution in [0.25, 0.3) is 0 Å². The Morgan fingerprint density at radius 1 is 0.848 bits per heavy atom. The number of hydrogen-bond acceptors (Lipinski definition) is 5. The Labute approximate surface area is 197 Å². The van der Waals surface area contributed by atoms with Crippen molar-refractivity contribution < 1.29 is 18.9 Å². The molecule has 0 N–H and O–H groups in total. The molecule has 2 aromatic rings. The molecule has 2 saturated heterocycles. The van der Waals surface area contributed by atoms with Crippen LogP contribution < -0.4 is 4.74 Å². The SMILES string of the molecule is CCCCCCCCOc1ccc([C@H]2CC[C@@H]3O[C@H](c4ccc(C#N)cc4)OC[C@H]3O2)cc1. The second kappa shape index (κ2) is 12.2. The summed E-state index contributed by atoms with van der Waals surface area (Å²) in [6.07, 6.45) is 9.08. The van der Waals surface area contributed by atoms with Crippen molar-refractivity contribution in [3.8, 4) is 11.8 Å². The zero-order chi connectivity index (χ0) is 22.9. The molecule has 0 unspecified atom stereocenters. The van der Waals surface area contributed by atoms with Gasteiger partial charge in [-0.15, -0.1) is 0 Å². The normalized spacial score (nSPS) is 24.6. The molecule has 176 valence electrons. The summed E-state index contributed by atoms with van der Waals surface area (Å²) in [5.74, 6) is 0.926. The molecule has 33 heavy (non-hydrogen) atoms. The summed E-state index contributed by atoms with van der Waals surface area (Å²) in [6.45, 7) is 3.53. The van der Waals surface area contributed by atoms with Gasteiger partial charge in [-0.3, -0.25) is 0 Å². The first-order valence-corrected chi connectivity index (χ1v) is 12.4. The van der Waals surface area contributed by atoms with Crippen LogP contribution in [-0.2, 0) is 14.2 Å². The fourth-order valence-corrected chi connectivity index (χ4v) is 4.54. The van der Waals surface area contributed by atoms with E-state index in [0.717, 1.165) is 37.2 Å². The van der Waals surface area contributed by atoms with Gasteiger partial charge in [0.05, 0.1) is 37.1 Å². The molecule has 2 aliphatic heterocycles. The Kier molecular flexibility index (Phi) is 8.77. The third-order valence-corrected chi connectivity index (χ3v) is 6.51. The van der Waals surface area contributed by atoms with Crippen LogP contribution >= 0.6 is 0 Å². The largest absolute Gasteiger partial charge is 0.494 e. The fraction of sp³-hybridized carbons (Fsp3) is 0.536. The summed E-state index contributed by atoms with van der Waals surface area (Å²) in [5.41, 5.74) is 2.75. The molecule has 2 fully saturated rings. The maximum Gasteiger partial charge on any atom is 0.184 e. The van der Waals surface area contributed by atoms with E-state index in [9.17, 15) is 0 Å². The molecule has 4 rings (SSSR count). The van der Waals surface area contributed by atoms with Crippen molar-refractivity contribution >= 4 is 0 Å². The fourth-order valence-electron chi connectivity index (χ4n) is 4.54. The molecular formula is C28H35NO4. The van der Waals surface area contributed by atoms with Crippen molar-refractivity contribution in [3.05, 3.63) is 65.2 Å². The van der Waals surface area contributed by atoms with E-state index in [4.69, 9.17) is 24.2 Å². The number of unbranched alkanes of at least 4 members (excludes halogenated alkanes) is 5. The van der Waals surface area contributed by atoms with E-state index in [1.807, 2.05) is 12.1 Å². The van der Waals surface area contributed by atoms with E-state index in [0.29, 0.717) is 12.2 Å². The lowest BCUT2D eigenvalue weighted by Crippen LogP contribution is -2.45. The van der Waals surface area contributed by atoms with Gasteiger partial charge in [0.2, 0.25) is 0 Å². The molecular weight excluding hydrogens is 414 g/mol. The van der Waals surface area contributed by atoms with Crippen LogP contribution in [0.2, 0.25) is 0 Å². The highest BCUT2D eigenvalue weighted by Gasteiger charge is 2.38. The Hall–Kier alpha value is -2.39. The smallest absolute Gasteiger partial charge is 0.184 e. The third-order valence-electron chi connectivity index (χ3n) is 6.51. The minimum Gasteiger partial charge on any atom is -0.494 e. The number of ether oxygens (including phenoxy) is 4. The lowest BCUT2D eigenvalue weighted by Gasteiger charge is -2.42. The lowest BCUT2D eigenvalue weighted by molar-refractivity contribution is -0.289. The third kappa shape index (κ3) is 6.57. The van der Waals surface area contributed by atoms with E-state index in [1.54, 1.807) is 12.1 Å². The molecule has 4 atom stereocenters. The molecule has 2 aliphatic rings.